The van der Waals surface area contributed by atoms with E-state index in [4.69, 9.17) is 0 Å². The highest BCUT2D eigenvalue weighted by atomic mass is 14.5. The fraction of sp³-hybridized carbons (Fsp3) is 0.667. The smallest absolute Gasteiger partial charge is 0.0326 e. The zero-order chi connectivity index (χ0) is 19.8. The van der Waals surface area contributed by atoms with Gasteiger partial charge in [0.1, 0.15) is 0 Å². The lowest BCUT2D eigenvalue weighted by atomic mass is 9.50. The maximum Gasteiger partial charge on any atom is 0.0326 e. The molecule has 8 saturated carbocycles. The molecule has 30 heavy (non-hydrogen) atoms. The Hall–Kier alpha value is -1.66. The molecule has 0 heterocycles. The lowest BCUT2D eigenvalue weighted by Crippen LogP contribution is -2.45. The van der Waals surface area contributed by atoms with Gasteiger partial charge in [-0.15, -0.1) is 0 Å². The predicted molar refractivity (Wildman–Crippen MR) is 120 cm³/mol. The van der Waals surface area contributed by atoms with Crippen molar-refractivity contribution in [2.24, 2.45) is 46.3 Å². The first-order chi connectivity index (χ1) is 14.6. The van der Waals surface area contributed by atoms with Crippen LogP contribution in [-0.2, 0) is 0 Å². The van der Waals surface area contributed by atoms with E-state index < -0.39 is 0 Å². The van der Waals surface area contributed by atoms with Crippen molar-refractivity contribution in [3.63, 3.8) is 0 Å². The third-order valence-corrected chi connectivity index (χ3v) is 9.82. The molecule has 0 spiro atoms. The Morgan fingerprint density at radius 1 is 0.600 bits per heavy atom. The van der Waals surface area contributed by atoms with E-state index in [0.717, 1.165) is 46.6 Å². The second kappa shape index (κ2) is 6.42. The molecule has 8 aliphatic carbocycles. The minimum atomic E-state index is 0.333. The van der Waals surface area contributed by atoms with Crippen LogP contribution in [0.2, 0.25) is 0 Å². The van der Waals surface area contributed by atoms with Crippen molar-refractivity contribution in [2.75, 3.05) is 0 Å². The number of hydrogen-bond donors (Lipinski definition) is 0. The van der Waals surface area contributed by atoms with E-state index in [2.05, 4.69) is 47.9 Å². The van der Waals surface area contributed by atoms with E-state index in [-0.39, 0.29) is 0 Å². The molecule has 0 N–H and O–H groups in total. The van der Waals surface area contributed by atoms with Gasteiger partial charge in [-0.25, -0.2) is 0 Å². The topological polar surface area (TPSA) is 0 Å². The number of hydrogen-bond acceptors (Lipinski definition) is 0. The summed E-state index contributed by atoms with van der Waals surface area (Å²) in [4.78, 5) is 0. The highest BCUT2D eigenvalue weighted by molar-refractivity contribution is 5.43. The van der Waals surface area contributed by atoms with Gasteiger partial charge in [0.25, 0.3) is 0 Å². The van der Waals surface area contributed by atoms with Crippen molar-refractivity contribution >= 4 is 0 Å². The molecular formula is C30H33. The summed E-state index contributed by atoms with van der Waals surface area (Å²) in [5.74, 6) is 20.4. The summed E-state index contributed by atoms with van der Waals surface area (Å²) in [5, 5.41) is 0. The van der Waals surface area contributed by atoms with Gasteiger partial charge in [-0.1, -0.05) is 23.7 Å². The second-order valence-corrected chi connectivity index (χ2v) is 12.4. The molecule has 1 radical (unpaired) electrons. The first-order valence-corrected chi connectivity index (χ1v) is 12.7. The van der Waals surface area contributed by atoms with Gasteiger partial charge in [-0.3, -0.25) is 0 Å². The Morgan fingerprint density at radius 2 is 1.03 bits per heavy atom. The molecular weight excluding hydrogens is 360 g/mol. The monoisotopic (exact) mass is 393 g/mol. The first kappa shape index (κ1) is 18.0. The minimum absolute atomic E-state index is 0.333. The normalized spacial score (nSPS) is 46.8. The van der Waals surface area contributed by atoms with Crippen molar-refractivity contribution in [2.45, 2.75) is 77.0 Å². The van der Waals surface area contributed by atoms with E-state index in [9.17, 15) is 0 Å². The average Bonchev–Trinajstić information content (AvgIpc) is 2.70. The molecule has 8 aliphatic rings. The van der Waals surface area contributed by atoms with Crippen molar-refractivity contribution in [1.82, 2.24) is 0 Å². The van der Waals surface area contributed by atoms with E-state index >= 15 is 0 Å². The quantitative estimate of drug-likeness (QED) is 0.434. The summed E-state index contributed by atoms with van der Waals surface area (Å²) in [6.07, 6.45) is 17.1. The van der Waals surface area contributed by atoms with Crippen molar-refractivity contribution < 1.29 is 0 Å². The maximum absolute atomic E-state index is 3.78. The first-order valence-electron chi connectivity index (χ1n) is 12.7. The van der Waals surface area contributed by atoms with Crippen LogP contribution in [0.4, 0.5) is 0 Å². The van der Waals surface area contributed by atoms with Gasteiger partial charge in [0.05, 0.1) is 0 Å². The number of benzene rings is 1. The maximum atomic E-state index is 3.78. The molecule has 0 nitrogen and oxygen atoms in total. The summed E-state index contributed by atoms with van der Waals surface area (Å²) in [5.41, 5.74) is 2.86. The van der Waals surface area contributed by atoms with Gasteiger partial charge < -0.3 is 0 Å². The molecule has 8 bridgehead atoms. The average molecular weight is 394 g/mol. The van der Waals surface area contributed by atoms with Crippen LogP contribution < -0.4 is 0 Å². The molecule has 0 heteroatoms. The Morgan fingerprint density at radius 3 is 1.43 bits per heavy atom. The molecule has 0 aliphatic heterocycles. The van der Waals surface area contributed by atoms with E-state index in [1.165, 1.54) is 77.0 Å². The summed E-state index contributed by atoms with van der Waals surface area (Å²) in [6.45, 7) is 0. The zero-order valence-corrected chi connectivity index (χ0v) is 18.2. The molecule has 9 rings (SSSR count). The van der Waals surface area contributed by atoms with Gasteiger partial charge in [0, 0.05) is 22.0 Å². The Bertz CT molecular complexity index is 817. The van der Waals surface area contributed by atoms with E-state index in [0.29, 0.717) is 10.8 Å². The van der Waals surface area contributed by atoms with E-state index in [1.54, 1.807) is 0 Å². The van der Waals surface area contributed by atoms with Crippen LogP contribution in [-0.4, -0.2) is 0 Å². The third-order valence-electron chi connectivity index (χ3n) is 9.82. The van der Waals surface area contributed by atoms with Crippen LogP contribution in [0, 0.1) is 76.1 Å². The molecule has 0 atom stereocenters. The van der Waals surface area contributed by atoms with Crippen LogP contribution in [0.5, 0.6) is 0 Å². The molecule has 0 saturated heterocycles. The molecule has 0 aromatic heterocycles. The highest BCUT2D eigenvalue weighted by Gasteiger charge is 2.51. The third kappa shape index (κ3) is 3.06. The molecule has 1 aromatic carbocycles. The van der Waals surface area contributed by atoms with Gasteiger partial charge >= 0.3 is 0 Å². The Kier molecular flexibility index (Phi) is 3.85. The van der Waals surface area contributed by atoms with Crippen LogP contribution in [0.25, 0.3) is 0 Å². The summed E-state index contributed by atoms with van der Waals surface area (Å²) in [7, 11) is 0. The zero-order valence-electron chi connectivity index (χ0n) is 18.2. The fourth-order valence-electron chi connectivity index (χ4n) is 9.51. The standard InChI is InChI=1S/C30H33/c1-2-22(6-8-30-18-26-12-27(19-30)14-28(13-26)20-30)4-3-21(1)5-7-29-15-23-9-24(16-29)11-25(10-23)17-29/h1-3,23-28H,9-20H2. The largest absolute Gasteiger partial charge is 0.0911 e. The molecule has 8 fully saturated rings. The summed E-state index contributed by atoms with van der Waals surface area (Å²) >= 11 is 0. The SMILES string of the molecule is C(#CC12CC3CC(CC(C3)C1)C2)c1[c]cc(C#CC23CC4CC(CC(C4)C2)C3)cc1. The lowest BCUT2D eigenvalue weighted by molar-refractivity contribution is -0.0182. The van der Waals surface area contributed by atoms with Crippen molar-refractivity contribution in [3.8, 4) is 23.7 Å². The Labute approximate surface area is 182 Å². The summed E-state index contributed by atoms with van der Waals surface area (Å²) < 4.78 is 0. The second-order valence-electron chi connectivity index (χ2n) is 12.4. The fourth-order valence-corrected chi connectivity index (χ4v) is 9.51. The highest BCUT2D eigenvalue weighted by Crippen LogP contribution is 2.60. The van der Waals surface area contributed by atoms with Crippen LogP contribution in [0.3, 0.4) is 0 Å². The van der Waals surface area contributed by atoms with Gasteiger partial charge in [-0.2, -0.15) is 0 Å². The van der Waals surface area contributed by atoms with Crippen LogP contribution >= 0.6 is 0 Å². The van der Waals surface area contributed by atoms with Crippen molar-refractivity contribution in [1.29, 1.82) is 0 Å². The van der Waals surface area contributed by atoms with Crippen LogP contribution in [0.1, 0.15) is 88.2 Å². The molecule has 153 valence electrons. The van der Waals surface area contributed by atoms with E-state index in [1.807, 2.05) is 0 Å². The predicted octanol–water partition coefficient (Wildman–Crippen LogP) is 6.62. The summed E-state index contributed by atoms with van der Waals surface area (Å²) in [6, 6.07) is 9.90. The lowest BCUT2D eigenvalue weighted by Gasteiger charge is -2.54. The van der Waals surface area contributed by atoms with Crippen LogP contribution in [0.15, 0.2) is 18.2 Å². The van der Waals surface area contributed by atoms with Crippen molar-refractivity contribution in [3.05, 3.63) is 35.4 Å². The molecule has 0 unspecified atom stereocenters. The molecule has 1 aromatic rings. The Balaban J connectivity index is 1.08. The van der Waals surface area contributed by atoms with Gasteiger partial charge in [0.2, 0.25) is 0 Å². The number of rotatable bonds is 0. The van der Waals surface area contributed by atoms with Gasteiger partial charge in [0.15, 0.2) is 0 Å². The van der Waals surface area contributed by atoms with Gasteiger partial charge in [-0.05, 0) is 137 Å². The molecule has 0 amide bonds. The minimum Gasteiger partial charge on any atom is -0.0911 e.